The molecule has 0 radical (unpaired) electrons. The van der Waals surface area contributed by atoms with Gasteiger partial charge in [0.2, 0.25) is 5.88 Å². The summed E-state index contributed by atoms with van der Waals surface area (Å²) in [7, 11) is 0. The number of nitro groups is 2. The molecule has 2 heterocycles. The van der Waals surface area contributed by atoms with Gasteiger partial charge in [-0.3, -0.25) is 34.6 Å². The van der Waals surface area contributed by atoms with Crippen molar-refractivity contribution in [1.29, 1.82) is 5.26 Å². The Morgan fingerprint density at radius 3 is 2.56 bits per heavy atom. The van der Waals surface area contributed by atoms with E-state index in [0.29, 0.717) is 5.56 Å². The Bertz CT molecular complexity index is 1360. The summed E-state index contributed by atoms with van der Waals surface area (Å²) < 4.78 is 0.904. The van der Waals surface area contributed by atoms with Crippen LogP contribution < -0.4 is 5.56 Å². The SMILES string of the molecule is Cc1c(C#N)c(O)n(Cc2cccnc2)c(=O)c1N=Nc1ccc([N+](=O)[O-])cc1[N+](=O)[O-]. The zero-order chi connectivity index (χ0) is 23.4. The van der Waals surface area contributed by atoms with Gasteiger partial charge in [-0.05, 0) is 24.6 Å². The van der Waals surface area contributed by atoms with Crippen LogP contribution in [-0.4, -0.2) is 24.5 Å². The molecule has 3 rings (SSSR count). The third kappa shape index (κ3) is 4.14. The number of aromatic hydroxyl groups is 1. The van der Waals surface area contributed by atoms with Gasteiger partial charge in [0.25, 0.3) is 11.2 Å². The van der Waals surface area contributed by atoms with Crippen molar-refractivity contribution in [3.05, 3.63) is 90.0 Å². The largest absolute Gasteiger partial charge is 0.493 e. The quantitative estimate of drug-likeness (QED) is 0.346. The lowest BCUT2D eigenvalue weighted by Gasteiger charge is -2.12. The summed E-state index contributed by atoms with van der Waals surface area (Å²) in [5.41, 5.74) is -2.28. The van der Waals surface area contributed by atoms with Crippen LogP contribution >= 0.6 is 0 Å². The first kappa shape index (κ1) is 21.7. The molecule has 32 heavy (non-hydrogen) atoms. The van der Waals surface area contributed by atoms with Crippen LogP contribution in [0.4, 0.5) is 22.7 Å². The number of nitro benzene ring substituents is 2. The second-order valence-corrected chi connectivity index (χ2v) is 6.42. The van der Waals surface area contributed by atoms with Crippen LogP contribution in [0.5, 0.6) is 5.88 Å². The first-order chi connectivity index (χ1) is 15.2. The van der Waals surface area contributed by atoms with Crippen LogP contribution in [0.2, 0.25) is 0 Å². The minimum Gasteiger partial charge on any atom is -0.493 e. The molecular weight excluding hydrogens is 422 g/mol. The third-order valence-corrected chi connectivity index (χ3v) is 4.46. The van der Waals surface area contributed by atoms with Gasteiger partial charge in [0.05, 0.1) is 22.5 Å². The molecule has 0 fully saturated rings. The van der Waals surface area contributed by atoms with Crippen molar-refractivity contribution in [3.8, 4) is 11.9 Å². The van der Waals surface area contributed by atoms with Crippen molar-refractivity contribution in [2.45, 2.75) is 13.5 Å². The van der Waals surface area contributed by atoms with Crippen LogP contribution in [0.1, 0.15) is 16.7 Å². The number of azo groups is 1. The summed E-state index contributed by atoms with van der Waals surface area (Å²) in [6, 6.07) is 7.83. The fraction of sp³-hybridized carbons (Fsp3) is 0.105. The maximum Gasteiger partial charge on any atom is 0.303 e. The van der Waals surface area contributed by atoms with Gasteiger partial charge in [0.1, 0.15) is 11.6 Å². The maximum absolute atomic E-state index is 13.0. The fourth-order valence-electron chi connectivity index (χ4n) is 2.84. The third-order valence-electron chi connectivity index (χ3n) is 4.46. The smallest absolute Gasteiger partial charge is 0.303 e. The van der Waals surface area contributed by atoms with Crippen molar-refractivity contribution in [2.24, 2.45) is 10.2 Å². The Morgan fingerprint density at radius 1 is 1.22 bits per heavy atom. The van der Waals surface area contributed by atoms with Crippen molar-refractivity contribution in [3.63, 3.8) is 0 Å². The van der Waals surface area contributed by atoms with Gasteiger partial charge in [-0.25, -0.2) is 0 Å². The van der Waals surface area contributed by atoms with Crippen LogP contribution in [-0.2, 0) is 6.54 Å². The molecule has 1 aromatic carbocycles. The second kappa shape index (κ2) is 8.79. The predicted octanol–water partition coefficient (Wildman–Crippen LogP) is 3.41. The highest BCUT2D eigenvalue weighted by Gasteiger charge is 2.22. The number of non-ortho nitro benzene ring substituents is 1. The van der Waals surface area contributed by atoms with Gasteiger partial charge < -0.3 is 5.11 Å². The molecule has 0 aliphatic carbocycles. The van der Waals surface area contributed by atoms with Crippen molar-refractivity contribution in [1.82, 2.24) is 9.55 Å². The molecule has 0 amide bonds. The van der Waals surface area contributed by atoms with Crippen LogP contribution in [0.25, 0.3) is 0 Å². The van der Waals surface area contributed by atoms with E-state index in [-0.39, 0.29) is 29.0 Å². The fourth-order valence-corrected chi connectivity index (χ4v) is 2.84. The molecule has 13 nitrogen and oxygen atoms in total. The van der Waals surface area contributed by atoms with Crippen molar-refractivity contribution >= 4 is 22.7 Å². The summed E-state index contributed by atoms with van der Waals surface area (Å²) in [5, 5.41) is 49.5. The van der Waals surface area contributed by atoms with E-state index in [1.54, 1.807) is 18.2 Å². The molecule has 13 heteroatoms. The molecule has 0 atom stereocenters. The van der Waals surface area contributed by atoms with E-state index in [0.717, 1.165) is 22.8 Å². The molecule has 0 unspecified atom stereocenters. The summed E-state index contributed by atoms with van der Waals surface area (Å²) in [6.45, 7) is 1.25. The summed E-state index contributed by atoms with van der Waals surface area (Å²) in [4.78, 5) is 37.4. The van der Waals surface area contributed by atoms with Gasteiger partial charge in [0.15, 0.2) is 11.4 Å². The number of rotatable bonds is 6. The Hall–Kier alpha value is -4.99. The first-order valence-electron chi connectivity index (χ1n) is 8.84. The van der Waals surface area contributed by atoms with E-state index >= 15 is 0 Å². The molecular formula is C19H13N7O6. The Kier molecular flexibility index (Phi) is 5.97. The first-order valence-corrected chi connectivity index (χ1v) is 8.84. The van der Waals surface area contributed by atoms with E-state index in [9.17, 15) is 35.4 Å². The number of nitrogens with zero attached hydrogens (tertiary/aromatic N) is 7. The molecule has 1 N–H and O–H groups in total. The van der Waals surface area contributed by atoms with Crippen LogP contribution in [0, 0.1) is 38.5 Å². The summed E-state index contributed by atoms with van der Waals surface area (Å²) in [6.07, 6.45) is 3.00. The zero-order valence-corrected chi connectivity index (χ0v) is 16.4. The Morgan fingerprint density at radius 2 is 1.97 bits per heavy atom. The number of aromatic nitrogens is 2. The standard InChI is InChI=1S/C19H13N7O6/c1-11-14(8-20)18(27)24(10-12-3-2-6-21-9-12)19(28)17(11)23-22-15-5-4-13(25(29)30)7-16(15)26(31)32/h2-7,9,27H,10H2,1H3. The lowest BCUT2D eigenvalue weighted by molar-refractivity contribution is -0.393. The molecule has 0 bridgehead atoms. The highest BCUT2D eigenvalue weighted by molar-refractivity contribution is 5.62. The molecule has 0 aliphatic heterocycles. The summed E-state index contributed by atoms with van der Waals surface area (Å²) >= 11 is 0. The molecule has 3 aromatic rings. The molecule has 2 aromatic heterocycles. The lowest BCUT2D eigenvalue weighted by atomic mass is 10.1. The second-order valence-electron chi connectivity index (χ2n) is 6.42. The van der Waals surface area contributed by atoms with E-state index in [1.165, 1.54) is 19.3 Å². The highest BCUT2D eigenvalue weighted by atomic mass is 16.6. The Labute approximate surface area is 178 Å². The van der Waals surface area contributed by atoms with E-state index < -0.39 is 32.7 Å². The van der Waals surface area contributed by atoms with Gasteiger partial charge in [-0.2, -0.15) is 5.26 Å². The average Bonchev–Trinajstić information content (AvgIpc) is 2.77. The molecule has 0 spiro atoms. The predicted molar refractivity (Wildman–Crippen MR) is 109 cm³/mol. The molecule has 0 aliphatic rings. The van der Waals surface area contributed by atoms with Crippen LogP contribution in [0.15, 0.2) is 57.7 Å². The normalized spacial score (nSPS) is 10.8. The topological polar surface area (TPSA) is 190 Å². The molecule has 0 saturated carbocycles. The number of benzene rings is 1. The number of pyridine rings is 2. The number of hydrogen-bond acceptors (Lipinski definition) is 10. The van der Waals surface area contributed by atoms with E-state index in [2.05, 4.69) is 15.2 Å². The molecule has 0 saturated heterocycles. The minimum atomic E-state index is -0.869. The lowest BCUT2D eigenvalue weighted by Crippen LogP contribution is -2.22. The van der Waals surface area contributed by atoms with Crippen LogP contribution in [0.3, 0.4) is 0 Å². The maximum atomic E-state index is 13.0. The monoisotopic (exact) mass is 435 g/mol. The highest BCUT2D eigenvalue weighted by Crippen LogP contribution is 2.33. The van der Waals surface area contributed by atoms with Gasteiger partial charge in [-0.15, -0.1) is 10.2 Å². The Balaban J connectivity index is 2.15. The zero-order valence-electron chi connectivity index (χ0n) is 16.4. The van der Waals surface area contributed by atoms with Crippen molar-refractivity contribution in [2.75, 3.05) is 0 Å². The van der Waals surface area contributed by atoms with Gasteiger partial charge >= 0.3 is 5.69 Å². The minimum absolute atomic E-state index is 0.0192. The van der Waals surface area contributed by atoms with Gasteiger partial charge in [0, 0.05) is 24.0 Å². The van der Waals surface area contributed by atoms with E-state index in [4.69, 9.17) is 0 Å². The van der Waals surface area contributed by atoms with Gasteiger partial charge in [-0.1, -0.05) is 6.07 Å². The number of nitriles is 1. The molecule has 160 valence electrons. The average molecular weight is 435 g/mol. The number of hydrogen-bond donors (Lipinski definition) is 1. The van der Waals surface area contributed by atoms with E-state index in [1.807, 2.05) is 0 Å². The van der Waals surface area contributed by atoms with Crippen molar-refractivity contribution < 1.29 is 15.0 Å². The summed E-state index contributed by atoms with van der Waals surface area (Å²) in [5.74, 6) is -0.570.